The summed E-state index contributed by atoms with van der Waals surface area (Å²) in [7, 11) is 5.99. The molecule has 0 fully saturated rings. The minimum atomic E-state index is 0. The maximum atomic E-state index is 6.06. The third-order valence-electron chi connectivity index (χ3n) is 22.5. The van der Waals surface area contributed by atoms with Crippen molar-refractivity contribution in [2.24, 2.45) is 26.1 Å². The van der Waals surface area contributed by atoms with Crippen LogP contribution < -0.4 is 19.4 Å². The Kier molecular flexibility index (Phi) is 26.2. The predicted molar refractivity (Wildman–Crippen MR) is 508 cm³/mol. The first-order chi connectivity index (χ1) is 64.7. The third-order valence-corrected chi connectivity index (χ3v) is 22.5. The van der Waals surface area contributed by atoms with Crippen LogP contribution >= 0.6 is 0 Å². The summed E-state index contributed by atoms with van der Waals surface area (Å²) in [5.74, 6) is 6.42. The number of hydrogen-bond donors (Lipinski definition) is 0. The molecule has 18 aromatic heterocycles. The van der Waals surface area contributed by atoms with Gasteiger partial charge in [-0.1, -0.05) is 173 Å². The SMILES string of the molecule is Cn1[c-]c(-c2nc3c(ccn3-c3cccc(-n4cccn4)n3)o2)c2ccccc21.Cn1cc(-c2cccc(N(CN=Cc3coc4oc[c-]c34)c3ccccc3)n2)c2[n-]c[n+](C)c21.[Cu+2].[Cu+2].[Cu+].[Cu+].[c-]1ccccc1-c1cccc(-n2c3ccccc3c3ccc(-c4ccccn4)nc32)n1.[c-]1coc2cccc(-c3cccc(N(c4ccccc4)c4cccc(-n5ccc6ccc[c-]c65)n4)n3)c12. The Hall–Kier alpha value is -16.1. The van der Waals surface area contributed by atoms with Gasteiger partial charge in [-0.15, -0.1) is 76.3 Å². The number of para-hydroxylation sites is 5. The fourth-order valence-electron chi connectivity index (χ4n) is 16.5. The third kappa shape index (κ3) is 17.7. The summed E-state index contributed by atoms with van der Waals surface area (Å²) < 4.78 is 36.1. The molecule has 25 rings (SSSR count). The number of anilines is 5. The van der Waals surface area contributed by atoms with Crippen LogP contribution in [0.25, 0.3) is 168 Å². The molecule has 28 heteroatoms. The number of oxazole rings is 1. The van der Waals surface area contributed by atoms with Gasteiger partial charge in [0.1, 0.15) is 64.3 Å². The van der Waals surface area contributed by atoms with E-state index < -0.39 is 0 Å². The quantitative estimate of drug-likeness (QED) is 0.0357. The molecule has 0 bridgehead atoms. The van der Waals surface area contributed by atoms with Gasteiger partial charge in [-0.2, -0.15) is 29.4 Å². The molecule has 18 heterocycles. The minimum Gasteiger partial charge on any atom is -0.535 e. The molecule has 0 aliphatic carbocycles. The van der Waals surface area contributed by atoms with Crippen molar-refractivity contribution in [2.75, 3.05) is 16.5 Å². The Morgan fingerprint density at radius 3 is 1.97 bits per heavy atom. The van der Waals surface area contributed by atoms with Gasteiger partial charge >= 0.3 is 68.3 Å². The number of pyridine rings is 7. The van der Waals surface area contributed by atoms with E-state index in [-0.39, 0.29) is 68.3 Å². The largest absolute Gasteiger partial charge is 2.00 e. The summed E-state index contributed by atoms with van der Waals surface area (Å²) in [6.45, 7) is 0.374. The van der Waals surface area contributed by atoms with Crippen molar-refractivity contribution >= 4 is 123 Å². The molecule has 0 saturated heterocycles. The van der Waals surface area contributed by atoms with Crippen LogP contribution in [0.4, 0.5) is 28.8 Å². The molecule has 135 heavy (non-hydrogen) atoms. The topological polar surface area (TPSA) is 235 Å². The molecular formula is C107H73Cu4N20O4+. The summed E-state index contributed by atoms with van der Waals surface area (Å²) in [4.78, 5) is 52.5. The second kappa shape index (κ2) is 39.5. The first-order valence-corrected chi connectivity index (χ1v) is 42.2. The predicted octanol–water partition coefficient (Wildman–Crippen LogP) is 22.5. The van der Waals surface area contributed by atoms with Gasteiger partial charge in [0.05, 0.1) is 28.9 Å². The van der Waals surface area contributed by atoms with Crippen LogP contribution in [0.15, 0.2) is 394 Å². The van der Waals surface area contributed by atoms with Gasteiger partial charge in [-0.05, 0) is 140 Å². The average molecular weight is 1960 g/mol. The van der Waals surface area contributed by atoms with Gasteiger partial charge in [-0.3, -0.25) is 29.0 Å². The molecule has 0 spiro atoms. The summed E-state index contributed by atoms with van der Waals surface area (Å²) in [5, 5.41) is 10.4. The van der Waals surface area contributed by atoms with Crippen LogP contribution in [0.1, 0.15) is 5.56 Å². The van der Waals surface area contributed by atoms with Gasteiger partial charge in [-0.25, -0.2) is 39.6 Å². The molecule has 7 aromatic carbocycles. The van der Waals surface area contributed by atoms with E-state index in [1.807, 2.05) is 308 Å². The Morgan fingerprint density at radius 1 is 0.474 bits per heavy atom. The van der Waals surface area contributed by atoms with Crippen molar-refractivity contribution in [1.82, 2.24) is 77.5 Å². The van der Waals surface area contributed by atoms with Crippen LogP contribution in [0.5, 0.6) is 0 Å². The monoisotopic (exact) mass is 1950 g/mol. The van der Waals surface area contributed by atoms with Crippen molar-refractivity contribution < 1.29 is 90.5 Å². The number of imidazole rings is 1. The summed E-state index contributed by atoms with van der Waals surface area (Å²) >= 11 is 0. The van der Waals surface area contributed by atoms with Gasteiger partial charge < -0.3 is 40.8 Å². The molecule has 0 saturated carbocycles. The number of furan rings is 3. The molecule has 0 atom stereocenters. The Labute approximate surface area is 815 Å². The number of aryl methyl sites for hydroxylation is 3. The Bertz CT molecular complexity index is 8450. The van der Waals surface area contributed by atoms with Crippen molar-refractivity contribution in [2.45, 2.75) is 0 Å². The summed E-state index contributed by atoms with van der Waals surface area (Å²) in [6, 6.07) is 115. The van der Waals surface area contributed by atoms with Crippen LogP contribution in [0.3, 0.4) is 0 Å². The van der Waals surface area contributed by atoms with Crippen molar-refractivity contribution in [3.8, 4) is 79.9 Å². The Balaban J connectivity index is 0.000000119. The fraction of sp³-hybridized carbons (Fsp3) is 0.0374. The zero-order chi connectivity index (χ0) is 87.7. The molecule has 2 radical (unpaired) electrons. The molecule has 0 aliphatic rings. The number of aromatic nitrogens is 17. The van der Waals surface area contributed by atoms with E-state index in [0.29, 0.717) is 29.6 Å². The van der Waals surface area contributed by atoms with E-state index in [9.17, 15) is 0 Å². The van der Waals surface area contributed by atoms with E-state index in [4.69, 9.17) is 52.6 Å². The summed E-state index contributed by atoms with van der Waals surface area (Å²) in [5.41, 5.74) is 19.0. The van der Waals surface area contributed by atoms with E-state index in [1.54, 1.807) is 35.8 Å². The van der Waals surface area contributed by atoms with Crippen LogP contribution in [0, 0.1) is 30.5 Å². The molecule has 0 amide bonds. The normalized spacial score (nSPS) is 11.1. The standard InChI is InChI=1S/C32H20N4O.C27H17N4.C26H21N6O2.C22H15N6O.4Cu/c1-2-10-24(11-3-1)36(31-17-7-13-27(33-31)25-12-6-15-29-26(25)20-22-37-29)32-18-8-16-30(34-32)35-21-19-23-9-4-5-14-28(23)35;1-2-9-19(10-3-1)22-13-8-15-26(29-22)31-25-14-5-4-11-20(25)21-16-17-24(30-27(21)31)23-12-6-7-18-28-23;1-30-14-21(24-25(30)31(2)17-28-24)22-9-6-10-23(29-22)32(19-7-4-3-5-8-19)16-27-13-18-15-34-26-20(18)11-12-33-26;1-26-14-16(15-6-2-3-7-17(15)26)22-25-21-18(29-22)10-13-27(21)19-8-4-9-20(24-19)28-12-5-11-23-28;;;;/h1-13,15-19,21-22H;1-9,11-18H;3-10,12-15,17H,16H2,1-2H3;2-13H,1H3;;;;/q-2;3*-1;2*+1;2*+2. The van der Waals surface area contributed by atoms with Crippen LogP contribution in [-0.2, 0) is 89.4 Å². The van der Waals surface area contributed by atoms with E-state index in [0.717, 1.165) is 180 Å². The number of hydrogen-bond acceptors (Lipinski definition) is 16. The number of rotatable bonds is 17. The maximum Gasteiger partial charge on any atom is 2.00 e. The fourth-order valence-corrected chi connectivity index (χ4v) is 16.5. The second-order valence-electron chi connectivity index (χ2n) is 30.7. The number of fused-ring (bicyclic) bond motifs is 9. The molecule has 0 N–H and O–H groups in total. The molecule has 668 valence electrons. The zero-order valence-electron chi connectivity index (χ0n) is 71.8. The first-order valence-electron chi connectivity index (χ1n) is 42.2. The number of benzene rings is 7. The number of nitrogens with zero attached hydrogens (tertiary/aromatic N) is 20. The smallest absolute Gasteiger partial charge is 0.535 e. The maximum absolute atomic E-state index is 6.06. The van der Waals surface area contributed by atoms with E-state index in [2.05, 4.69) is 141 Å². The van der Waals surface area contributed by atoms with Crippen LogP contribution in [-0.4, -0.2) is 85.4 Å². The molecular weight excluding hydrogens is 1880 g/mol. The second-order valence-corrected chi connectivity index (χ2v) is 30.7. The van der Waals surface area contributed by atoms with Gasteiger partial charge in [0.15, 0.2) is 22.8 Å². The van der Waals surface area contributed by atoms with Gasteiger partial charge in [0.25, 0.3) is 0 Å². The average Bonchev–Trinajstić information content (AvgIpc) is 1.59. The molecule has 0 aliphatic heterocycles. The van der Waals surface area contributed by atoms with Gasteiger partial charge in [0.2, 0.25) is 0 Å². The first kappa shape index (κ1) is 89.5. The number of aliphatic imine (C=N–C) groups is 1. The summed E-state index contributed by atoms with van der Waals surface area (Å²) in [6.07, 6.45) is 23.0. The van der Waals surface area contributed by atoms with Gasteiger partial charge in [0, 0.05) is 109 Å². The van der Waals surface area contributed by atoms with Crippen molar-refractivity contribution in [3.05, 3.63) is 408 Å². The Morgan fingerprint density at radius 2 is 1.16 bits per heavy atom. The van der Waals surface area contributed by atoms with Crippen molar-refractivity contribution in [3.63, 3.8) is 0 Å². The van der Waals surface area contributed by atoms with E-state index >= 15 is 0 Å². The molecule has 24 nitrogen and oxygen atoms in total. The van der Waals surface area contributed by atoms with E-state index in [1.165, 1.54) is 6.26 Å². The van der Waals surface area contributed by atoms with Crippen molar-refractivity contribution in [1.29, 1.82) is 0 Å². The zero-order valence-corrected chi connectivity index (χ0v) is 75.6. The minimum absolute atomic E-state index is 0. The molecule has 25 aromatic rings. The van der Waals surface area contributed by atoms with Crippen LogP contribution in [0.2, 0.25) is 0 Å². The molecule has 0 unspecified atom stereocenters.